The fourth-order valence-corrected chi connectivity index (χ4v) is 2.26. The summed E-state index contributed by atoms with van der Waals surface area (Å²) < 4.78 is 5.17. The molecule has 2 unspecified atom stereocenters. The average molecular weight is 272 g/mol. The first-order valence-electron chi connectivity index (χ1n) is 6.87. The number of carboxylic acids is 1. The number of carboxylic acid groups (broad SMARTS) is 1. The lowest BCUT2D eigenvalue weighted by Gasteiger charge is -2.36. The van der Waals surface area contributed by atoms with Gasteiger partial charge in [0.15, 0.2) is 0 Å². The number of nitrogens with one attached hydrogen (secondary N) is 1. The van der Waals surface area contributed by atoms with Crippen LogP contribution in [0.3, 0.4) is 0 Å². The second-order valence-electron chi connectivity index (χ2n) is 4.86. The van der Waals surface area contributed by atoms with Crippen LogP contribution in [0.1, 0.15) is 33.6 Å². The SMILES string of the molecule is CCC(CC)NC(=O)C(C)N1CCOCC1C(=O)O. The van der Waals surface area contributed by atoms with Crippen molar-refractivity contribution < 1.29 is 19.4 Å². The molecule has 1 heterocycles. The Bertz CT molecular complexity index is 318. The summed E-state index contributed by atoms with van der Waals surface area (Å²) in [5.41, 5.74) is 0. The minimum absolute atomic E-state index is 0.109. The van der Waals surface area contributed by atoms with Crippen molar-refractivity contribution in [1.82, 2.24) is 10.2 Å². The number of hydrogen-bond acceptors (Lipinski definition) is 4. The number of aliphatic carboxylic acids is 1. The van der Waals surface area contributed by atoms with Gasteiger partial charge in [0.25, 0.3) is 0 Å². The molecule has 1 aliphatic rings. The molecule has 110 valence electrons. The zero-order valence-corrected chi connectivity index (χ0v) is 11.9. The van der Waals surface area contributed by atoms with Crippen molar-refractivity contribution in [1.29, 1.82) is 0 Å². The van der Waals surface area contributed by atoms with Gasteiger partial charge in [-0.3, -0.25) is 14.5 Å². The lowest BCUT2D eigenvalue weighted by molar-refractivity contribution is -0.153. The molecular weight excluding hydrogens is 248 g/mol. The normalized spacial score (nSPS) is 22.2. The number of carbonyl (C=O) groups is 2. The second-order valence-corrected chi connectivity index (χ2v) is 4.86. The molecule has 19 heavy (non-hydrogen) atoms. The van der Waals surface area contributed by atoms with Gasteiger partial charge in [0, 0.05) is 12.6 Å². The van der Waals surface area contributed by atoms with Gasteiger partial charge < -0.3 is 15.2 Å². The van der Waals surface area contributed by atoms with Crippen LogP contribution >= 0.6 is 0 Å². The van der Waals surface area contributed by atoms with Gasteiger partial charge in [0.1, 0.15) is 6.04 Å². The van der Waals surface area contributed by atoms with Crippen LogP contribution in [0.2, 0.25) is 0 Å². The van der Waals surface area contributed by atoms with Crippen molar-refractivity contribution in [2.45, 2.75) is 51.7 Å². The number of morpholine rings is 1. The lowest BCUT2D eigenvalue weighted by atomic mass is 10.1. The average Bonchev–Trinajstić information content (AvgIpc) is 2.43. The molecule has 0 bridgehead atoms. The zero-order valence-electron chi connectivity index (χ0n) is 11.9. The van der Waals surface area contributed by atoms with E-state index in [0.29, 0.717) is 13.2 Å². The maximum Gasteiger partial charge on any atom is 0.323 e. The number of hydrogen-bond donors (Lipinski definition) is 2. The molecule has 1 fully saturated rings. The van der Waals surface area contributed by atoms with E-state index in [-0.39, 0.29) is 18.6 Å². The minimum atomic E-state index is -0.943. The van der Waals surface area contributed by atoms with Crippen LogP contribution in [0.15, 0.2) is 0 Å². The highest BCUT2D eigenvalue weighted by Gasteiger charge is 2.35. The van der Waals surface area contributed by atoms with Crippen LogP contribution in [0, 0.1) is 0 Å². The summed E-state index contributed by atoms with van der Waals surface area (Å²) in [7, 11) is 0. The Morgan fingerprint density at radius 2 is 2.05 bits per heavy atom. The van der Waals surface area contributed by atoms with E-state index >= 15 is 0 Å². The number of nitrogens with zero attached hydrogens (tertiary/aromatic N) is 1. The molecule has 0 spiro atoms. The Morgan fingerprint density at radius 1 is 1.42 bits per heavy atom. The van der Waals surface area contributed by atoms with Crippen molar-refractivity contribution in [3.8, 4) is 0 Å². The summed E-state index contributed by atoms with van der Waals surface area (Å²) >= 11 is 0. The standard InChI is InChI=1S/C13H24N2O4/c1-4-10(5-2)14-12(16)9(3)15-6-7-19-8-11(15)13(17)18/h9-11H,4-8H2,1-3H3,(H,14,16)(H,17,18). The van der Waals surface area contributed by atoms with Gasteiger partial charge in [-0.2, -0.15) is 0 Å². The predicted octanol–water partition coefficient (Wildman–Crippen LogP) is 0.465. The highest BCUT2D eigenvalue weighted by Crippen LogP contribution is 2.12. The Labute approximate surface area is 114 Å². The molecule has 1 rings (SSSR count). The first kappa shape index (κ1) is 15.9. The number of ether oxygens (including phenoxy) is 1. The van der Waals surface area contributed by atoms with E-state index in [4.69, 9.17) is 9.84 Å². The van der Waals surface area contributed by atoms with Crippen LogP contribution in [0.5, 0.6) is 0 Å². The van der Waals surface area contributed by atoms with Gasteiger partial charge in [0.05, 0.1) is 19.3 Å². The fourth-order valence-electron chi connectivity index (χ4n) is 2.26. The molecule has 2 N–H and O–H groups in total. The highest BCUT2D eigenvalue weighted by atomic mass is 16.5. The molecule has 0 aromatic rings. The van der Waals surface area contributed by atoms with Crippen LogP contribution < -0.4 is 5.32 Å². The van der Waals surface area contributed by atoms with Crippen molar-refractivity contribution >= 4 is 11.9 Å². The molecule has 6 nitrogen and oxygen atoms in total. The summed E-state index contributed by atoms with van der Waals surface area (Å²) in [5, 5.41) is 12.1. The molecule has 2 atom stereocenters. The van der Waals surface area contributed by atoms with Crippen molar-refractivity contribution in [3.63, 3.8) is 0 Å². The quantitative estimate of drug-likeness (QED) is 0.734. The summed E-state index contributed by atoms with van der Waals surface area (Å²) in [4.78, 5) is 25.0. The molecule has 1 amide bonds. The Kier molecular flexibility index (Phi) is 6.24. The Morgan fingerprint density at radius 3 is 2.58 bits per heavy atom. The van der Waals surface area contributed by atoms with Gasteiger partial charge >= 0.3 is 5.97 Å². The van der Waals surface area contributed by atoms with Gasteiger partial charge in [-0.1, -0.05) is 13.8 Å². The summed E-state index contributed by atoms with van der Waals surface area (Å²) in [6.45, 7) is 6.86. The fraction of sp³-hybridized carbons (Fsp3) is 0.846. The maximum atomic E-state index is 12.2. The third-order valence-corrected chi connectivity index (χ3v) is 3.66. The van der Waals surface area contributed by atoms with Gasteiger partial charge in [-0.05, 0) is 19.8 Å². The monoisotopic (exact) mass is 272 g/mol. The molecule has 1 saturated heterocycles. The largest absolute Gasteiger partial charge is 0.480 e. The molecule has 0 aromatic heterocycles. The van der Waals surface area contributed by atoms with Crippen LogP contribution in [-0.4, -0.2) is 59.8 Å². The smallest absolute Gasteiger partial charge is 0.323 e. The van der Waals surface area contributed by atoms with E-state index < -0.39 is 18.1 Å². The maximum absolute atomic E-state index is 12.2. The van der Waals surface area contributed by atoms with E-state index in [9.17, 15) is 9.59 Å². The number of amides is 1. The first-order valence-corrected chi connectivity index (χ1v) is 6.87. The third-order valence-electron chi connectivity index (χ3n) is 3.66. The molecule has 0 aliphatic carbocycles. The van der Waals surface area contributed by atoms with Gasteiger partial charge in [-0.25, -0.2) is 0 Å². The topological polar surface area (TPSA) is 78.9 Å². The van der Waals surface area contributed by atoms with E-state index in [2.05, 4.69) is 5.32 Å². The van der Waals surface area contributed by atoms with Crippen molar-refractivity contribution in [2.24, 2.45) is 0 Å². The van der Waals surface area contributed by atoms with Gasteiger partial charge in [-0.15, -0.1) is 0 Å². The van der Waals surface area contributed by atoms with E-state index in [0.717, 1.165) is 12.8 Å². The molecular formula is C13H24N2O4. The van der Waals surface area contributed by atoms with Crippen LogP contribution in [0.4, 0.5) is 0 Å². The summed E-state index contributed by atoms with van der Waals surface area (Å²) in [6.07, 6.45) is 1.75. The highest BCUT2D eigenvalue weighted by molar-refractivity contribution is 5.83. The van der Waals surface area contributed by atoms with Crippen LogP contribution in [0.25, 0.3) is 0 Å². The van der Waals surface area contributed by atoms with E-state index in [1.54, 1.807) is 11.8 Å². The summed E-state index contributed by atoms with van der Waals surface area (Å²) in [5.74, 6) is -1.05. The van der Waals surface area contributed by atoms with Crippen molar-refractivity contribution in [3.05, 3.63) is 0 Å². The zero-order chi connectivity index (χ0) is 14.4. The van der Waals surface area contributed by atoms with Gasteiger partial charge in [0.2, 0.25) is 5.91 Å². The van der Waals surface area contributed by atoms with Crippen LogP contribution in [-0.2, 0) is 14.3 Å². The molecule has 0 radical (unpaired) electrons. The first-order chi connectivity index (χ1) is 9.01. The van der Waals surface area contributed by atoms with E-state index in [1.165, 1.54) is 0 Å². The van der Waals surface area contributed by atoms with E-state index in [1.807, 2.05) is 13.8 Å². The third kappa shape index (κ3) is 4.18. The van der Waals surface area contributed by atoms with Crippen molar-refractivity contribution in [2.75, 3.05) is 19.8 Å². The molecule has 1 aliphatic heterocycles. The minimum Gasteiger partial charge on any atom is -0.480 e. The summed E-state index contributed by atoms with van der Waals surface area (Å²) in [6, 6.07) is -1.04. The predicted molar refractivity (Wildman–Crippen MR) is 70.9 cm³/mol. The lowest BCUT2D eigenvalue weighted by Crippen LogP contribution is -2.58. The Balaban J connectivity index is 2.65. The molecule has 0 aromatic carbocycles. The second kappa shape index (κ2) is 7.45. The molecule has 6 heteroatoms. The molecule has 0 saturated carbocycles. The number of rotatable bonds is 6. The number of carbonyl (C=O) groups excluding carboxylic acids is 1. The Hall–Kier alpha value is -1.14.